The van der Waals surface area contributed by atoms with Crippen molar-refractivity contribution in [3.8, 4) is 5.75 Å². The molecule has 1 fully saturated rings. The number of methoxy groups -OCH3 is 1. The Morgan fingerprint density at radius 3 is 3.06 bits per heavy atom. The average Bonchev–Trinajstić information content (AvgIpc) is 2.82. The maximum absolute atomic E-state index is 5.55. The zero-order chi connectivity index (χ0) is 11.2. The van der Waals surface area contributed by atoms with Crippen molar-refractivity contribution >= 4 is 0 Å². The van der Waals surface area contributed by atoms with Crippen LogP contribution >= 0.6 is 0 Å². The zero-order valence-corrected chi connectivity index (χ0v) is 11.7. The largest absolute Gasteiger partial charge is 1.00 e. The Morgan fingerprint density at radius 1 is 1.47 bits per heavy atom. The molecule has 3 nitrogen and oxygen atoms in total. The Balaban J connectivity index is 0.00000144. The maximum atomic E-state index is 5.55. The smallest absolute Gasteiger partial charge is 0.119 e. The van der Waals surface area contributed by atoms with E-state index in [1.807, 2.05) is 12.1 Å². The maximum Gasteiger partial charge on any atom is 0.119 e. The highest BCUT2D eigenvalue weighted by atomic mass is 79.9. The van der Waals surface area contributed by atoms with Crippen molar-refractivity contribution in [2.24, 2.45) is 0 Å². The van der Waals surface area contributed by atoms with E-state index in [-0.39, 0.29) is 17.0 Å². The molecule has 0 amide bonds. The number of ether oxygens (including phenoxy) is 2. The monoisotopic (exact) mass is 300 g/mol. The molecule has 4 heteroatoms. The van der Waals surface area contributed by atoms with Gasteiger partial charge in [-0.15, -0.1) is 0 Å². The van der Waals surface area contributed by atoms with Crippen molar-refractivity contribution in [2.45, 2.75) is 25.5 Å². The Bertz CT molecular complexity index is 327. The van der Waals surface area contributed by atoms with E-state index in [9.17, 15) is 0 Å². The van der Waals surface area contributed by atoms with Crippen LogP contribution in [-0.4, -0.2) is 26.4 Å². The predicted octanol–water partition coefficient (Wildman–Crippen LogP) is -1.03. The van der Waals surface area contributed by atoms with Gasteiger partial charge in [0, 0.05) is 19.7 Å². The summed E-state index contributed by atoms with van der Waals surface area (Å²) in [5, 5.41) is 3.41. The van der Waals surface area contributed by atoms with E-state index in [1.165, 1.54) is 18.4 Å². The Morgan fingerprint density at radius 2 is 2.35 bits per heavy atom. The van der Waals surface area contributed by atoms with E-state index in [2.05, 4.69) is 17.4 Å². The van der Waals surface area contributed by atoms with Gasteiger partial charge in [0.15, 0.2) is 0 Å². The van der Waals surface area contributed by atoms with Crippen LogP contribution in [0.15, 0.2) is 24.3 Å². The van der Waals surface area contributed by atoms with Crippen molar-refractivity contribution in [3.05, 3.63) is 29.8 Å². The molecule has 1 aliphatic heterocycles. The van der Waals surface area contributed by atoms with E-state index in [0.717, 1.165) is 25.4 Å². The molecule has 1 heterocycles. The molecular formula is C13H19BrNO2-. The van der Waals surface area contributed by atoms with Crippen molar-refractivity contribution in [1.82, 2.24) is 5.32 Å². The standard InChI is InChI=1S/C13H19NO2.BrH/c1-15-12-5-2-4-11(8-12)9-14-10-13-6-3-7-16-13;/h2,4-5,8,13-14H,3,6-7,9-10H2,1H3;1H/p-1. The number of hydrogen-bond acceptors (Lipinski definition) is 3. The van der Waals surface area contributed by atoms with Crippen molar-refractivity contribution in [3.63, 3.8) is 0 Å². The first-order chi connectivity index (χ1) is 7.88. The minimum atomic E-state index is 0. The zero-order valence-electron chi connectivity index (χ0n) is 10.1. The number of nitrogens with one attached hydrogen (secondary N) is 1. The molecule has 96 valence electrons. The molecule has 1 saturated heterocycles. The molecule has 0 aromatic heterocycles. The molecule has 0 radical (unpaired) electrons. The van der Waals surface area contributed by atoms with Crippen LogP contribution in [0.4, 0.5) is 0 Å². The first-order valence-corrected chi connectivity index (χ1v) is 5.84. The van der Waals surface area contributed by atoms with Crippen LogP contribution in [0.5, 0.6) is 5.75 Å². The van der Waals surface area contributed by atoms with Gasteiger partial charge in [-0.3, -0.25) is 0 Å². The molecule has 0 bridgehead atoms. The van der Waals surface area contributed by atoms with E-state index in [4.69, 9.17) is 9.47 Å². The second kappa shape index (κ2) is 7.69. The fraction of sp³-hybridized carbons (Fsp3) is 0.538. The van der Waals surface area contributed by atoms with Crippen molar-refractivity contribution in [2.75, 3.05) is 20.3 Å². The molecule has 1 N–H and O–H groups in total. The summed E-state index contributed by atoms with van der Waals surface area (Å²) in [4.78, 5) is 0. The van der Waals surface area contributed by atoms with Crippen LogP contribution < -0.4 is 27.0 Å². The van der Waals surface area contributed by atoms with Gasteiger partial charge in [0.05, 0.1) is 13.2 Å². The first-order valence-electron chi connectivity index (χ1n) is 5.84. The molecule has 1 unspecified atom stereocenters. The summed E-state index contributed by atoms with van der Waals surface area (Å²) in [7, 11) is 1.69. The topological polar surface area (TPSA) is 30.5 Å². The van der Waals surface area contributed by atoms with Crippen molar-refractivity contribution in [1.29, 1.82) is 0 Å². The van der Waals surface area contributed by atoms with Gasteiger partial charge >= 0.3 is 0 Å². The lowest BCUT2D eigenvalue weighted by Gasteiger charge is -2.11. The fourth-order valence-corrected chi connectivity index (χ4v) is 1.97. The molecular weight excluding hydrogens is 282 g/mol. The minimum Gasteiger partial charge on any atom is -1.00 e. The van der Waals surface area contributed by atoms with E-state index < -0.39 is 0 Å². The summed E-state index contributed by atoms with van der Waals surface area (Å²) in [5.74, 6) is 0.913. The molecule has 0 spiro atoms. The Kier molecular flexibility index (Phi) is 6.55. The van der Waals surface area contributed by atoms with Gasteiger partial charge in [0.2, 0.25) is 0 Å². The minimum absolute atomic E-state index is 0. The molecule has 1 atom stereocenters. The summed E-state index contributed by atoms with van der Waals surface area (Å²) in [6, 6.07) is 8.14. The molecule has 1 aromatic rings. The third kappa shape index (κ3) is 4.66. The van der Waals surface area contributed by atoms with Crippen LogP contribution in [0.2, 0.25) is 0 Å². The highest BCUT2D eigenvalue weighted by molar-refractivity contribution is 5.28. The van der Waals surface area contributed by atoms with E-state index in [0.29, 0.717) is 6.10 Å². The summed E-state index contributed by atoms with van der Waals surface area (Å²) in [5.41, 5.74) is 1.25. The summed E-state index contributed by atoms with van der Waals surface area (Å²) in [6.45, 7) is 2.74. The summed E-state index contributed by atoms with van der Waals surface area (Å²) >= 11 is 0. The molecule has 17 heavy (non-hydrogen) atoms. The fourth-order valence-electron chi connectivity index (χ4n) is 1.97. The number of benzene rings is 1. The van der Waals surface area contributed by atoms with E-state index >= 15 is 0 Å². The van der Waals surface area contributed by atoms with Gasteiger partial charge in [-0.2, -0.15) is 0 Å². The lowest BCUT2D eigenvalue weighted by atomic mass is 10.2. The summed E-state index contributed by atoms with van der Waals surface area (Å²) in [6.07, 6.45) is 2.79. The van der Waals surface area contributed by atoms with Crippen LogP contribution in [0, 0.1) is 0 Å². The highest BCUT2D eigenvalue weighted by Gasteiger charge is 2.14. The van der Waals surface area contributed by atoms with Gasteiger partial charge < -0.3 is 31.8 Å². The predicted molar refractivity (Wildman–Crippen MR) is 63.7 cm³/mol. The lowest BCUT2D eigenvalue weighted by Crippen LogP contribution is -3.00. The quantitative estimate of drug-likeness (QED) is 0.754. The molecule has 0 saturated carbocycles. The third-order valence-electron chi connectivity index (χ3n) is 2.86. The van der Waals surface area contributed by atoms with Gasteiger partial charge in [0.25, 0.3) is 0 Å². The molecule has 1 aliphatic rings. The Labute approximate surface area is 113 Å². The normalized spacial score (nSPS) is 18.8. The number of halogens is 1. The van der Waals surface area contributed by atoms with Gasteiger partial charge in [-0.05, 0) is 30.5 Å². The van der Waals surface area contributed by atoms with Crippen LogP contribution in [0.25, 0.3) is 0 Å². The SMILES string of the molecule is COc1cccc(CNCC2CCCO2)c1.[Br-]. The second-order valence-electron chi connectivity index (χ2n) is 4.12. The van der Waals surface area contributed by atoms with Gasteiger partial charge in [-0.1, -0.05) is 12.1 Å². The lowest BCUT2D eigenvalue weighted by molar-refractivity contribution is -0.00000497. The van der Waals surface area contributed by atoms with E-state index in [1.54, 1.807) is 7.11 Å². The van der Waals surface area contributed by atoms with Crippen LogP contribution in [0.3, 0.4) is 0 Å². The average molecular weight is 301 g/mol. The molecule has 1 aromatic carbocycles. The highest BCUT2D eigenvalue weighted by Crippen LogP contribution is 2.13. The Hall–Kier alpha value is -0.580. The van der Waals surface area contributed by atoms with Crippen LogP contribution in [-0.2, 0) is 11.3 Å². The molecule has 0 aliphatic carbocycles. The molecule has 2 rings (SSSR count). The van der Waals surface area contributed by atoms with Gasteiger partial charge in [0.1, 0.15) is 5.75 Å². The summed E-state index contributed by atoms with van der Waals surface area (Å²) < 4.78 is 10.7. The third-order valence-corrected chi connectivity index (χ3v) is 2.86. The van der Waals surface area contributed by atoms with Crippen LogP contribution in [0.1, 0.15) is 18.4 Å². The van der Waals surface area contributed by atoms with Crippen molar-refractivity contribution < 1.29 is 26.5 Å². The first kappa shape index (κ1) is 14.5. The number of hydrogen-bond donors (Lipinski definition) is 1. The second-order valence-corrected chi connectivity index (χ2v) is 4.12. The van der Waals surface area contributed by atoms with Gasteiger partial charge in [-0.25, -0.2) is 0 Å². The number of rotatable bonds is 5.